The maximum atomic E-state index is 12.3. The van der Waals surface area contributed by atoms with Crippen molar-refractivity contribution in [2.45, 2.75) is 57.9 Å². The second-order valence-corrected chi connectivity index (χ2v) is 9.75. The molecule has 0 aromatic rings. The normalized spacial score (nSPS) is 13.3. The lowest BCUT2D eigenvalue weighted by atomic mass is 10.0. The molecule has 0 saturated heterocycles. The molecule has 130 valence electrons. The van der Waals surface area contributed by atoms with Crippen molar-refractivity contribution < 1.29 is 8.42 Å². The van der Waals surface area contributed by atoms with Crippen LogP contribution in [0.1, 0.15) is 57.2 Å². The molecule has 4 heteroatoms. The topological polar surface area (TPSA) is 46.5 Å². The summed E-state index contributed by atoms with van der Waals surface area (Å²) in [5.41, 5.74) is 4.56. The number of rotatable bonds is 3. The van der Waals surface area contributed by atoms with Crippen LogP contribution in [0.4, 0.5) is 0 Å². The zero-order valence-electron chi connectivity index (χ0n) is 15.6. The fraction of sp³-hybridized carbons (Fsp3) is 0.450. The number of fused-ring (bicyclic) bond motifs is 1. The predicted octanol–water partition coefficient (Wildman–Crippen LogP) is 4.84. The third kappa shape index (κ3) is 4.04. The summed E-state index contributed by atoms with van der Waals surface area (Å²) in [4.78, 5) is 4.96. The van der Waals surface area contributed by atoms with Crippen LogP contribution in [0.2, 0.25) is 0 Å². The molecule has 0 fully saturated rings. The molecule has 0 heterocycles. The van der Waals surface area contributed by atoms with Gasteiger partial charge in [-0.2, -0.15) is 0 Å². The number of aliphatic imine (C=N–C) groups is 1. The molecule has 0 saturated carbocycles. The zero-order valence-corrected chi connectivity index (χ0v) is 16.5. The van der Waals surface area contributed by atoms with Crippen molar-refractivity contribution in [2.75, 3.05) is 6.26 Å². The van der Waals surface area contributed by atoms with Crippen molar-refractivity contribution in [3.05, 3.63) is 41.0 Å². The van der Waals surface area contributed by atoms with E-state index in [2.05, 4.69) is 31.0 Å². The highest BCUT2D eigenvalue weighted by Crippen LogP contribution is 2.38. The van der Waals surface area contributed by atoms with E-state index in [4.69, 9.17) is 0 Å². The van der Waals surface area contributed by atoms with Crippen LogP contribution in [-0.2, 0) is 9.84 Å². The first-order chi connectivity index (χ1) is 10.9. The summed E-state index contributed by atoms with van der Waals surface area (Å²) in [5, 5.41) is 0. The molecule has 0 unspecified atom stereocenters. The quantitative estimate of drug-likeness (QED) is 0.747. The van der Waals surface area contributed by atoms with Gasteiger partial charge in [-0.05, 0) is 56.4 Å². The first-order valence-electron chi connectivity index (χ1n) is 8.22. The summed E-state index contributed by atoms with van der Waals surface area (Å²) in [6.07, 6.45) is 3.07. The average Bonchev–Trinajstić information content (AvgIpc) is 2.69. The third-order valence-corrected chi connectivity index (χ3v) is 5.12. The molecule has 0 aromatic heterocycles. The molecule has 2 aliphatic rings. The van der Waals surface area contributed by atoms with Gasteiger partial charge in [0.2, 0.25) is 0 Å². The molecule has 0 aliphatic heterocycles. The van der Waals surface area contributed by atoms with E-state index in [1.807, 2.05) is 33.8 Å². The van der Waals surface area contributed by atoms with E-state index in [-0.39, 0.29) is 5.54 Å². The van der Waals surface area contributed by atoms with Gasteiger partial charge < -0.3 is 0 Å². The van der Waals surface area contributed by atoms with Crippen molar-refractivity contribution in [1.82, 2.24) is 0 Å². The standard InChI is InChI=1S/C20H27NO2S/c1-13(2)15-9-8-14(3)19-17(10-15)16(12-21-20(4,5)6)11-18(19)24(7,22)23/h8-13H,1-7H3. The SMILES string of the molecule is Cc1ccc(C(C)C)cc2c(C=NC(C)(C)C)cc(S(C)(=O)=O)c1-2. The Morgan fingerprint density at radius 3 is 2.25 bits per heavy atom. The summed E-state index contributed by atoms with van der Waals surface area (Å²) in [5.74, 6) is 0.365. The van der Waals surface area contributed by atoms with Gasteiger partial charge in [-0.25, -0.2) is 8.42 Å². The van der Waals surface area contributed by atoms with E-state index in [0.29, 0.717) is 10.8 Å². The molecule has 2 aliphatic carbocycles. The van der Waals surface area contributed by atoms with Crippen LogP contribution in [0.25, 0.3) is 11.1 Å². The minimum absolute atomic E-state index is 0.207. The number of sulfone groups is 1. The van der Waals surface area contributed by atoms with Crippen molar-refractivity contribution in [3.8, 4) is 11.1 Å². The molecule has 0 bridgehead atoms. The van der Waals surface area contributed by atoms with Gasteiger partial charge in [-0.15, -0.1) is 0 Å². The minimum Gasteiger partial charge on any atom is -0.287 e. The van der Waals surface area contributed by atoms with Crippen LogP contribution < -0.4 is 0 Å². The van der Waals surface area contributed by atoms with Crippen molar-refractivity contribution in [2.24, 2.45) is 4.99 Å². The molecule has 0 atom stereocenters. The van der Waals surface area contributed by atoms with Gasteiger partial charge in [0.1, 0.15) is 0 Å². The Balaban J connectivity index is 2.84. The highest BCUT2D eigenvalue weighted by atomic mass is 32.2. The number of nitrogens with zero attached hydrogens (tertiary/aromatic N) is 1. The van der Waals surface area contributed by atoms with E-state index < -0.39 is 9.84 Å². The maximum Gasteiger partial charge on any atom is 0.176 e. The molecule has 0 aromatic carbocycles. The van der Waals surface area contributed by atoms with Crippen LogP contribution in [0.5, 0.6) is 0 Å². The van der Waals surface area contributed by atoms with E-state index in [1.54, 1.807) is 12.3 Å². The summed E-state index contributed by atoms with van der Waals surface area (Å²) in [7, 11) is -3.31. The molecule has 0 amide bonds. The lowest BCUT2D eigenvalue weighted by Crippen LogP contribution is -2.09. The zero-order chi connectivity index (χ0) is 18.3. The first-order valence-corrected chi connectivity index (χ1v) is 10.1. The Kier molecular flexibility index (Phi) is 4.91. The van der Waals surface area contributed by atoms with E-state index in [0.717, 1.165) is 22.3 Å². The van der Waals surface area contributed by atoms with Gasteiger partial charge in [-0.3, -0.25) is 4.99 Å². The van der Waals surface area contributed by atoms with Crippen LogP contribution in [0, 0.1) is 6.92 Å². The largest absolute Gasteiger partial charge is 0.287 e. The van der Waals surface area contributed by atoms with Crippen molar-refractivity contribution >= 4 is 16.1 Å². The van der Waals surface area contributed by atoms with Crippen LogP contribution in [-0.4, -0.2) is 26.4 Å². The smallest absolute Gasteiger partial charge is 0.176 e. The highest BCUT2D eigenvalue weighted by molar-refractivity contribution is 7.90. The molecule has 0 spiro atoms. The molecular formula is C20H27NO2S. The molecular weight excluding hydrogens is 318 g/mol. The first kappa shape index (κ1) is 18.7. The summed E-state index contributed by atoms with van der Waals surface area (Å²) in [6, 6.07) is 7.95. The second-order valence-electron chi connectivity index (χ2n) is 7.77. The Morgan fingerprint density at radius 2 is 1.75 bits per heavy atom. The maximum absolute atomic E-state index is 12.3. The Morgan fingerprint density at radius 1 is 1.12 bits per heavy atom. The van der Waals surface area contributed by atoms with Gasteiger partial charge in [-0.1, -0.05) is 32.0 Å². The van der Waals surface area contributed by atoms with Crippen molar-refractivity contribution in [1.29, 1.82) is 0 Å². The van der Waals surface area contributed by atoms with Gasteiger partial charge in [0.15, 0.2) is 9.84 Å². The van der Waals surface area contributed by atoms with Crippen LogP contribution in [0.15, 0.2) is 34.2 Å². The van der Waals surface area contributed by atoms with Crippen molar-refractivity contribution in [3.63, 3.8) is 0 Å². The van der Waals surface area contributed by atoms with Gasteiger partial charge in [0.05, 0.1) is 10.4 Å². The number of hydrogen-bond donors (Lipinski definition) is 0. The summed E-state index contributed by atoms with van der Waals surface area (Å²) < 4.78 is 24.6. The van der Waals surface area contributed by atoms with E-state index >= 15 is 0 Å². The Labute approximate surface area is 146 Å². The number of hydrogen-bond acceptors (Lipinski definition) is 3. The molecule has 24 heavy (non-hydrogen) atoms. The second kappa shape index (κ2) is 6.32. The lowest BCUT2D eigenvalue weighted by molar-refractivity contribution is 0.586. The Bertz CT molecular complexity index is 856. The summed E-state index contributed by atoms with van der Waals surface area (Å²) in [6.45, 7) is 12.3. The minimum atomic E-state index is -3.31. The van der Waals surface area contributed by atoms with E-state index in [1.165, 1.54) is 11.8 Å². The fourth-order valence-corrected chi connectivity index (χ4v) is 3.65. The van der Waals surface area contributed by atoms with Gasteiger partial charge >= 0.3 is 0 Å². The molecule has 0 N–H and O–H groups in total. The monoisotopic (exact) mass is 345 g/mol. The fourth-order valence-electron chi connectivity index (χ4n) is 2.67. The predicted molar refractivity (Wildman–Crippen MR) is 102 cm³/mol. The number of aryl methyl sites for hydroxylation is 1. The molecule has 3 nitrogen and oxygen atoms in total. The average molecular weight is 346 g/mol. The molecule has 0 radical (unpaired) electrons. The Hall–Kier alpha value is -1.68. The lowest BCUT2D eigenvalue weighted by Gasteiger charge is -2.11. The summed E-state index contributed by atoms with van der Waals surface area (Å²) >= 11 is 0. The van der Waals surface area contributed by atoms with Crippen LogP contribution in [0.3, 0.4) is 0 Å². The third-order valence-electron chi connectivity index (χ3n) is 4.00. The van der Waals surface area contributed by atoms with Crippen LogP contribution >= 0.6 is 0 Å². The van der Waals surface area contributed by atoms with Gasteiger partial charge in [0.25, 0.3) is 0 Å². The van der Waals surface area contributed by atoms with Gasteiger partial charge in [0, 0.05) is 23.6 Å². The highest BCUT2D eigenvalue weighted by Gasteiger charge is 2.23. The molecule has 2 rings (SSSR count). The van der Waals surface area contributed by atoms with E-state index in [9.17, 15) is 8.42 Å².